The number of carboxylic acids is 1. The molecule has 0 unspecified atom stereocenters. The maximum absolute atomic E-state index is 12.2. The van der Waals surface area contributed by atoms with Gasteiger partial charge in [-0.05, 0) is 31.5 Å². The summed E-state index contributed by atoms with van der Waals surface area (Å²) in [6, 6.07) is 3.53. The van der Waals surface area contributed by atoms with E-state index in [4.69, 9.17) is 19.3 Å². The molecule has 0 radical (unpaired) electrons. The van der Waals surface area contributed by atoms with Crippen LogP contribution >= 0.6 is 0 Å². The molecule has 1 aliphatic carbocycles. The Kier molecular flexibility index (Phi) is 7.74. The number of rotatable bonds is 10. The lowest BCUT2D eigenvalue weighted by atomic mass is 9.85. The molecule has 0 heterocycles. The number of likely N-dealkylation sites (N-methyl/N-ethyl adjacent to an activating group) is 1. The van der Waals surface area contributed by atoms with Gasteiger partial charge in [-0.1, -0.05) is 6.92 Å². The van der Waals surface area contributed by atoms with Gasteiger partial charge in [0.05, 0.1) is 27.9 Å². The second kappa shape index (κ2) is 10.0. The Morgan fingerprint density at radius 1 is 1.14 bits per heavy atom. The first kappa shape index (κ1) is 21.6. The summed E-state index contributed by atoms with van der Waals surface area (Å²) in [5.74, 6) is 0.706. The molecule has 0 spiro atoms. The fraction of sp³-hybridized carbons (Fsp3) is 0.579. The smallest absolute Gasteiger partial charge is 0.317 e. The van der Waals surface area contributed by atoms with Crippen molar-refractivity contribution in [3.05, 3.63) is 17.7 Å². The third-order valence-corrected chi connectivity index (χ3v) is 4.93. The lowest BCUT2D eigenvalue weighted by molar-refractivity contribution is -0.139. The molecule has 28 heavy (non-hydrogen) atoms. The number of methoxy groups -OCH3 is 3. The summed E-state index contributed by atoms with van der Waals surface area (Å²) < 4.78 is 16.0. The van der Waals surface area contributed by atoms with Crippen molar-refractivity contribution in [1.29, 1.82) is 0 Å². The summed E-state index contributed by atoms with van der Waals surface area (Å²) in [4.78, 5) is 25.0. The predicted octanol–water partition coefficient (Wildman–Crippen LogP) is 1.45. The topological polar surface area (TPSA) is 109 Å². The third-order valence-electron chi connectivity index (χ3n) is 4.93. The van der Waals surface area contributed by atoms with Crippen LogP contribution in [0.4, 0.5) is 4.79 Å². The molecule has 2 amide bonds. The molecule has 1 saturated carbocycles. The van der Waals surface area contributed by atoms with Crippen LogP contribution in [0.3, 0.4) is 0 Å². The predicted molar refractivity (Wildman–Crippen MR) is 103 cm³/mol. The van der Waals surface area contributed by atoms with Crippen molar-refractivity contribution < 1.29 is 28.9 Å². The zero-order valence-electron chi connectivity index (χ0n) is 16.8. The van der Waals surface area contributed by atoms with Crippen LogP contribution in [0.15, 0.2) is 12.1 Å². The van der Waals surface area contributed by atoms with Crippen LogP contribution in [0.1, 0.15) is 25.3 Å². The Hall–Kier alpha value is -2.68. The molecule has 1 fully saturated rings. The van der Waals surface area contributed by atoms with Crippen LogP contribution in [0, 0.1) is 0 Å². The van der Waals surface area contributed by atoms with E-state index in [0.29, 0.717) is 23.8 Å². The maximum Gasteiger partial charge on any atom is 0.317 e. The number of nitrogens with zero attached hydrogens (tertiary/aromatic N) is 1. The number of nitrogens with one attached hydrogen (secondary N) is 2. The van der Waals surface area contributed by atoms with Crippen LogP contribution in [0.2, 0.25) is 0 Å². The molecule has 0 aromatic heterocycles. The van der Waals surface area contributed by atoms with Gasteiger partial charge in [0.2, 0.25) is 5.75 Å². The van der Waals surface area contributed by atoms with Gasteiger partial charge < -0.3 is 30.0 Å². The van der Waals surface area contributed by atoms with Crippen molar-refractivity contribution in [2.24, 2.45) is 0 Å². The van der Waals surface area contributed by atoms with E-state index >= 15 is 0 Å². The molecular weight excluding hydrogens is 366 g/mol. The largest absolute Gasteiger partial charge is 0.493 e. The van der Waals surface area contributed by atoms with Crippen molar-refractivity contribution in [3.8, 4) is 17.2 Å². The first-order valence-electron chi connectivity index (χ1n) is 9.21. The van der Waals surface area contributed by atoms with E-state index in [2.05, 4.69) is 10.6 Å². The van der Waals surface area contributed by atoms with Gasteiger partial charge >= 0.3 is 12.0 Å². The Labute approximate surface area is 164 Å². The average molecular weight is 395 g/mol. The van der Waals surface area contributed by atoms with Crippen molar-refractivity contribution in [3.63, 3.8) is 0 Å². The van der Waals surface area contributed by atoms with Gasteiger partial charge in [-0.2, -0.15) is 0 Å². The Bertz CT molecular complexity index is 690. The van der Waals surface area contributed by atoms with Crippen LogP contribution in [0.5, 0.6) is 17.2 Å². The summed E-state index contributed by atoms with van der Waals surface area (Å²) in [6.45, 7) is 2.91. The lowest BCUT2D eigenvalue weighted by Crippen LogP contribution is -2.56. The molecule has 2 rings (SSSR count). The van der Waals surface area contributed by atoms with Gasteiger partial charge in [-0.25, -0.2) is 4.79 Å². The van der Waals surface area contributed by atoms with E-state index in [1.54, 1.807) is 13.2 Å². The van der Waals surface area contributed by atoms with Crippen LogP contribution < -0.4 is 24.8 Å². The third kappa shape index (κ3) is 5.19. The minimum absolute atomic E-state index is 0.0270. The zero-order chi connectivity index (χ0) is 20.7. The second-order valence-electron chi connectivity index (χ2n) is 6.60. The van der Waals surface area contributed by atoms with Gasteiger partial charge in [0.1, 0.15) is 0 Å². The highest BCUT2D eigenvalue weighted by atomic mass is 16.5. The number of ether oxygens (including phenoxy) is 3. The number of hydrogen-bond acceptors (Lipinski definition) is 6. The Morgan fingerprint density at radius 2 is 1.82 bits per heavy atom. The van der Waals surface area contributed by atoms with E-state index in [9.17, 15) is 9.59 Å². The van der Waals surface area contributed by atoms with E-state index in [1.165, 1.54) is 14.2 Å². The van der Waals surface area contributed by atoms with E-state index < -0.39 is 5.97 Å². The fourth-order valence-electron chi connectivity index (χ4n) is 3.39. The van der Waals surface area contributed by atoms with Crippen molar-refractivity contribution in [1.82, 2.24) is 15.5 Å². The summed E-state index contributed by atoms with van der Waals surface area (Å²) in [7, 11) is 4.61. The van der Waals surface area contributed by atoms with Crippen molar-refractivity contribution in [2.45, 2.75) is 38.4 Å². The number of amides is 2. The molecule has 0 bridgehead atoms. The first-order valence-corrected chi connectivity index (χ1v) is 9.21. The Morgan fingerprint density at radius 3 is 2.36 bits per heavy atom. The minimum atomic E-state index is -0.833. The van der Waals surface area contributed by atoms with Gasteiger partial charge in [0.15, 0.2) is 11.5 Å². The minimum Gasteiger partial charge on any atom is -0.493 e. The van der Waals surface area contributed by atoms with Gasteiger partial charge in [-0.3, -0.25) is 9.69 Å². The van der Waals surface area contributed by atoms with Crippen LogP contribution in [-0.4, -0.2) is 68.5 Å². The summed E-state index contributed by atoms with van der Waals surface area (Å²) >= 11 is 0. The molecule has 1 aromatic carbocycles. The van der Waals surface area contributed by atoms with Crippen LogP contribution in [0.25, 0.3) is 0 Å². The van der Waals surface area contributed by atoms with Gasteiger partial charge in [0, 0.05) is 24.2 Å². The summed E-state index contributed by atoms with van der Waals surface area (Å²) in [6.07, 6.45) is 1.49. The number of carbonyl (C=O) groups is 2. The molecule has 156 valence electrons. The average Bonchev–Trinajstić information content (AvgIpc) is 2.65. The van der Waals surface area contributed by atoms with E-state index in [0.717, 1.165) is 18.4 Å². The normalized spacial score (nSPS) is 18.2. The molecule has 9 heteroatoms. The lowest BCUT2D eigenvalue weighted by Gasteiger charge is -2.42. The number of carboxylic acid groups (broad SMARTS) is 1. The molecule has 0 aliphatic heterocycles. The highest BCUT2D eigenvalue weighted by Crippen LogP contribution is 2.39. The molecule has 3 N–H and O–H groups in total. The van der Waals surface area contributed by atoms with Crippen LogP contribution in [-0.2, 0) is 11.3 Å². The molecule has 1 aliphatic rings. The highest BCUT2D eigenvalue weighted by molar-refractivity contribution is 5.74. The van der Waals surface area contributed by atoms with Crippen molar-refractivity contribution in [2.75, 3.05) is 34.4 Å². The quantitative estimate of drug-likeness (QED) is 0.550. The highest BCUT2D eigenvalue weighted by Gasteiger charge is 2.34. The second-order valence-corrected chi connectivity index (χ2v) is 6.60. The number of carbonyl (C=O) groups excluding carboxylic acids is 1. The number of aliphatic carboxylic acids is 1. The summed E-state index contributed by atoms with van der Waals surface area (Å²) in [5, 5.41) is 14.7. The summed E-state index contributed by atoms with van der Waals surface area (Å²) in [5.41, 5.74) is 0.764. The fourth-order valence-corrected chi connectivity index (χ4v) is 3.39. The van der Waals surface area contributed by atoms with Gasteiger partial charge in [0.25, 0.3) is 0 Å². The molecule has 0 atom stereocenters. The molecule has 1 aromatic rings. The molecule has 0 saturated heterocycles. The monoisotopic (exact) mass is 395 g/mol. The number of hydrogen-bond donors (Lipinski definition) is 3. The van der Waals surface area contributed by atoms with E-state index in [1.807, 2.05) is 17.9 Å². The van der Waals surface area contributed by atoms with Gasteiger partial charge in [-0.15, -0.1) is 0 Å². The number of urea groups is 1. The Balaban J connectivity index is 1.85. The molecule has 9 nitrogen and oxygen atoms in total. The SMILES string of the molecule is CCN(CC(=O)O)C1CC(NC(=O)NCc2ccc(OC)c(OC)c2OC)C1. The van der Waals surface area contributed by atoms with Crippen molar-refractivity contribution >= 4 is 12.0 Å². The standard InChI is InChI=1S/C19H29N3O6/c1-5-22(11-16(23)24)14-8-13(9-14)21-19(25)20-10-12-6-7-15(26-2)18(28-4)17(12)27-3/h6-7,13-14H,5,8-11H2,1-4H3,(H,23,24)(H2,20,21,25). The first-order chi connectivity index (χ1) is 13.4. The maximum atomic E-state index is 12.2. The zero-order valence-corrected chi connectivity index (χ0v) is 16.8. The molecular formula is C19H29N3O6. The number of benzene rings is 1. The van der Waals surface area contributed by atoms with E-state index in [-0.39, 0.29) is 31.2 Å².